The zero-order chi connectivity index (χ0) is 16.2. The molecule has 1 aliphatic carbocycles. The van der Waals surface area contributed by atoms with Gasteiger partial charge in [0.1, 0.15) is 0 Å². The topological polar surface area (TPSA) is 58.9 Å². The van der Waals surface area contributed by atoms with Gasteiger partial charge in [-0.1, -0.05) is 24.6 Å². The zero-order valence-corrected chi connectivity index (χ0v) is 15.1. The van der Waals surface area contributed by atoms with E-state index < -0.39 is 0 Å². The average Bonchev–Trinajstić information content (AvgIpc) is 3.14. The molecule has 0 bridgehead atoms. The van der Waals surface area contributed by atoms with Gasteiger partial charge in [-0.2, -0.15) is 5.10 Å². The Morgan fingerprint density at radius 2 is 1.96 bits per heavy atom. The van der Waals surface area contributed by atoms with Crippen LogP contribution in [0.25, 0.3) is 5.69 Å². The molecule has 2 aromatic rings. The summed E-state index contributed by atoms with van der Waals surface area (Å²) in [6.07, 6.45) is 3.02. The fraction of sp³-hybridized carbons (Fsp3) is 0.444. The van der Waals surface area contributed by atoms with Crippen molar-refractivity contribution in [2.75, 3.05) is 19.6 Å². The Kier molecular flexibility index (Phi) is 6.40. The van der Waals surface area contributed by atoms with Gasteiger partial charge in [0.25, 0.3) is 5.91 Å². The molecule has 0 fully saturated rings. The quantitative estimate of drug-likeness (QED) is 0.788. The van der Waals surface area contributed by atoms with Crippen LogP contribution < -0.4 is 10.6 Å². The zero-order valence-electron chi connectivity index (χ0n) is 14.3. The fourth-order valence-corrected chi connectivity index (χ4v) is 3.04. The van der Waals surface area contributed by atoms with Crippen LogP contribution in [0.4, 0.5) is 0 Å². The maximum Gasteiger partial charge on any atom is 0.272 e. The summed E-state index contributed by atoms with van der Waals surface area (Å²) >= 11 is 0. The van der Waals surface area contributed by atoms with E-state index in [1.165, 1.54) is 11.3 Å². The number of hydrogen-bond donors (Lipinski definition) is 2. The van der Waals surface area contributed by atoms with E-state index in [9.17, 15) is 4.79 Å². The van der Waals surface area contributed by atoms with Crippen LogP contribution in [-0.2, 0) is 12.8 Å². The van der Waals surface area contributed by atoms with E-state index in [0.29, 0.717) is 12.2 Å². The lowest BCUT2D eigenvalue weighted by atomic mass is 10.2. The van der Waals surface area contributed by atoms with Gasteiger partial charge >= 0.3 is 0 Å². The van der Waals surface area contributed by atoms with Crippen LogP contribution in [0.5, 0.6) is 0 Å². The predicted molar refractivity (Wildman–Crippen MR) is 98.5 cm³/mol. The van der Waals surface area contributed by atoms with Crippen molar-refractivity contribution < 1.29 is 4.79 Å². The number of hydrogen-bond acceptors (Lipinski definition) is 3. The van der Waals surface area contributed by atoms with Crippen molar-refractivity contribution >= 4 is 18.3 Å². The van der Waals surface area contributed by atoms with E-state index in [2.05, 4.69) is 53.8 Å². The maximum absolute atomic E-state index is 12.5. The highest BCUT2D eigenvalue weighted by Crippen LogP contribution is 2.27. The van der Waals surface area contributed by atoms with Crippen molar-refractivity contribution in [2.45, 2.75) is 33.1 Å². The molecule has 1 aromatic heterocycles. The molecule has 1 aliphatic rings. The van der Waals surface area contributed by atoms with E-state index in [4.69, 9.17) is 0 Å². The molecule has 1 amide bonds. The Labute approximate surface area is 149 Å². The van der Waals surface area contributed by atoms with Gasteiger partial charge in [0, 0.05) is 24.3 Å². The van der Waals surface area contributed by atoms with Gasteiger partial charge in [-0.3, -0.25) is 4.79 Å². The summed E-state index contributed by atoms with van der Waals surface area (Å²) in [4.78, 5) is 12.5. The summed E-state index contributed by atoms with van der Waals surface area (Å²) in [5.74, 6) is -0.0630. The largest absolute Gasteiger partial charge is 0.349 e. The van der Waals surface area contributed by atoms with Gasteiger partial charge < -0.3 is 10.6 Å². The number of amides is 1. The molecule has 130 valence electrons. The Balaban J connectivity index is 0.00000208. The lowest BCUT2D eigenvalue weighted by Gasteiger charge is -2.06. The molecule has 0 spiro atoms. The minimum absolute atomic E-state index is 0. The third-order valence-corrected chi connectivity index (χ3v) is 4.26. The van der Waals surface area contributed by atoms with E-state index in [1.807, 2.05) is 4.68 Å². The number of benzene rings is 1. The predicted octanol–water partition coefficient (Wildman–Crippen LogP) is 2.43. The Bertz CT molecular complexity index is 694. The fourth-order valence-electron chi connectivity index (χ4n) is 3.04. The summed E-state index contributed by atoms with van der Waals surface area (Å²) in [6.45, 7) is 6.44. The van der Waals surface area contributed by atoms with E-state index >= 15 is 0 Å². The molecule has 0 saturated heterocycles. The minimum Gasteiger partial charge on any atom is -0.349 e. The van der Waals surface area contributed by atoms with Gasteiger partial charge in [0.05, 0.1) is 5.69 Å². The second kappa shape index (κ2) is 8.31. The van der Waals surface area contributed by atoms with Gasteiger partial charge in [0.15, 0.2) is 5.69 Å². The number of halogens is 1. The molecule has 0 saturated carbocycles. The van der Waals surface area contributed by atoms with E-state index in [-0.39, 0.29) is 18.3 Å². The molecule has 5 nitrogen and oxygen atoms in total. The van der Waals surface area contributed by atoms with Crippen LogP contribution >= 0.6 is 12.4 Å². The third-order valence-electron chi connectivity index (χ3n) is 4.26. The number of nitrogens with zero attached hydrogens (tertiary/aromatic N) is 2. The normalized spacial score (nSPS) is 12.6. The molecule has 1 heterocycles. The smallest absolute Gasteiger partial charge is 0.272 e. The number of rotatable bonds is 6. The summed E-state index contributed by atoms with van der Waals surface area (Å²) in [6, 6.07) is 8.28. The molecule has 6 heteroatoms. The molecular weight excluding hydrogens is 324 g/mol. The molecule has 0 atom stereocenters. The Hall–Kier alpha value is -1.85. The van der Waals surface area contributed by atoms with E-state index in [0.717, 1.165) is 43.6 Å². The first-order valence-corrected chi connectivity index (χ1v) is 8.37. The van der Waals surface area contributed by atoms with Crippen LogP contribution in [-0.4, -0.2) is 35.3 Å². The number of aromatic nitrogens is 2. The summed E-state index contributed by atoms with van der Waals surface area (Å²) < 4.78 is 1.95. The molecule has 24 heavy (non-hydrogen) atoms. The highest BCUT2D eigenvalue weighted by molar-refractivity contribution is 5.94. The van der Waals surface area contributed by atoms with Crippen molar-refractivity contribution in [1.82, 2.24) is 20.4 Å². The van der Waals surface area contributed by atoms with Crippen LogP contribution in [0.3, 0.4) is 0 Å². The monoisotopic (exact) mass is 348 g/mol. The van der Waals surface area contributed by atoms with E-state index in [1.54, 1.807) is 0 Å². The number of fused-ring (bicyclic) bond motifs is 1. The van der Waals surface area contributed by atoms with Crippen LogP contribution in [0.15, 0.2) is 24.3 Å². The minimum atomic E-state index is -0.0630. The molecule has 0 unspecified atom stereocenters. The summed E-state index contributed by atoms with van der Waals surface area (Å²) in [5.41, 5.74) is 5.14. The maximum atomic E-state index is 12.5. The average molecular weight is 349 g/mol. The number of carbonyl (C=O) groups is 1. The highest BCUT2D eigenvalue weighted by atomic mass is 35.5. The number of aryl methyl sites for hydroxylation is 1. The van der Waals surface area contributed by atoms with Gasteiger partial charge in [0.2, 0.25) is 0 Å². The number of likely N-dealkylation sites (N-methyl/N-ethyl adjacent to an activating group) is 1. The standard InChI is InChI=1S/C18H24N4O.ClH/c1-3-19-11-12-20-18(23)17-15-5-4-6-16(15)22(21-17)14-9-7-13(2)8-10-14;/h7-10,19H,3-6,11-12H2,1-2H3,(H,20,23);1H. The second-order valence-corrected chi connectivity index (χ2v) is 5.98. The number of carbonyl (C=O) groups excluding carboxylic acids is 1. The van der Waals surface area contributed by atoms with Crippen molar-refractivity contribution in [2.24, 2.45) is 0 Å². The molecule has 3 rings (SSSR count). The first-order valence-electron chi connectivity index (χ1n) is 8.37. The summed E-state index contributed by atoms with van der Waals surface area (Å²) in [5, 5.41) is 10.8. The van der Waals surface area contributed by atoms with Crippen molar-refractivity contribution in [3.63, 3.8) is 0 Å². The molecule has 0 radical (unpaired) electrons. The van der Waals surface area contributed by atoms with Crippen LogP contribution in [0.1, 0.15) is 40.7 Å². The van der Waals surface area contributed by atoms with Crippen LogP contribution in [0.2, 0.25) is 0 Å². The second-order valence-electron chi connectivity index (χ2n) is 5.98. The lowest BCUT2D eigenvalue weighted by molar-refractivity contribution is 0.0947. The van der Waals surface area contributed by atoms with Gasteiger partial charge in [-0.05, 0) is 44.9 Å². The van der Waals surface area contributed by atoms with Crippen molar-refractivity contribution in [3.05, 3.63) is 46.8 Å². The molecule has 0 aliphatic heterocycles. The molecule has 2 N–H and O–H groups in total. The third kappa shape index (κ3) is 3.79. The number of nitrogens with one attached hydrogen (secondary N) is 2. The lowest BCUT2D eigenvalue weighted by Crippen LogP contribution is -2.32. The Morgan fingerprint density at radius 3 is 2.67 bits per heavy atom. The van der Waals surface area contributed by atoms with Gasteiger partial charge in [-0.25, -0.2) is 4.68 Å². The first kappa shape index (κ1) is 18.5. The SMILES string of the molecule is CCNCCNC(=O)c1nn(-c2ccc(C)cc2)c2c1CCC2.Cl. The molecular formula is C18H25ClN4O. The molecule has 1 aromatic carbocycles. The Morgan fingerprint density at radius 1 is 1.21 bits per heavy atom. The van der Waals surface area contributed by atoms with Gasteiger partial charge in [-0.15, -0.1) is 12.4 Å². The summed E-state index contributed by atoms with van der Waals surface area (Å²) in [7, 11) is 0. The highest BCUT2D eigenvalue weighted by Gasteiger charge is 2.26. The van der Waals surface area contributed by atoms with Crippen molar-refractivity contribution in [3.8, 4) is 5.69 Å². The van der Waals surface area contributed by atoms with Crippen molar-refractivity contribution in [1.29, 1.82) is 0 Å². The van der Waals surface area contributed by atoms with Crippen LogP contribution in [0, 0.1) is 6.92 Å². The first-order chi connectivity index (χ1) is 11.2.